The number of ether oxygens (including phenoxy) is 1. The molecule has 0 spiro atoms. The monoisotopic (exact) mass is 207 g/mol. The molecule has 0 bridgehead atoms. The van der Waals surface area contributed by atoms with E-state index in [4.69, 9.17) is 10.5 Å². The molecular weight excluding hydrogens is 186 g/mol. The average Bonchev–Trinajstić information content (AvgIpc) is 2.21. The lowest BCUT2D eigenvalue weighted by molar-refractivity contribution is 0.252. The maximum atomic E-state index is 5.78. The van der Waals surface area contributed by atoms with Gasteiger partial charge in [0.25, 0.3) is 0 Å². The first-order valence-corrected chi connectivity index (χ1v) is 5.54. The molecule has 0 aliphatic heterocycles. The molecule has 0 aliphatic rings. The Morgan fingerprint density at radius 1 is 1.33 bits per heavy atom. The van der Waals surface area contributed by atoms with Gasteiger partial charge >= 0.3 is 0 Å². The van der Waals surface area contributed by atoms with Gasteiger partial charge in [-0.1, -0.05) is 19.1 Å². The minimum absolute atomic E-state index is 0.523. The molecule has 1 aromatic rings. The normalized spacial score (nSPS) is 12.5. The molecule has 1 unspecified atom stereocenters. The van der Waals surface area contributed by atoms with Gasteiger partial charge in [-0.2, -0.15) is 0 Å². The molecule has 0 aliphatic carbocycles. The van der Waals surface area contributed by atoms with Gasteiger partial charge in [0.15, 0.2) is 0 Å². The first-order valence-electron chi connectivity index (χ1n) is 5.54. The molecule has 0 heterocycles. The van der Waals surface area contributed by atoms with Crippen LogP contribution in [0.1, 0.15) is 24.5 Å². The van der Waals surface area contributed by atoms with E-state index in [1.165, 1.54) is 11.1 Å². The van der Waals surface area contributed by atoms with Gasteiger partial charge in [-0.05, 0) is 49.9 Å². The summed E-state index contributed by atoms with van der Waals surface area (Å²) in [7, 11) is 0. The zero-order valence-electron chi connectivity index (χ0n) is 9.92. The van der Waals surface area contributed by atoms with E-state index < -0.39 is 0 Å². The van der Waals surface area contributed by atoms with Gasteiger partial charge in [0.1, 0.15) is 5.75 Å². The third-order valence-electron chi connectivity index (χ3n) is 2.74. The Labute approximate surface area is 92.4 Å². The van der Waals surface area contributed by atoms with Crippen LogP contribution in [0.5, 0.6) is 5.75 Å². The first-order chi connectivity index (χ1) is 7.15. The zero-order valence-corrected chi connectivity index (χ0v) is 9.92. The number of benzene rings is 1. The zero-order chi connectivity index (χ0) is 11.3. The van der Waals surface area contributed by atoms with Crippen LogP contribution in [0.3, 0.4) is 0 Å². The van der Waals surface area contributed by atoms with Crippen LogP contribution in [-0.2, 0) is 0 Å². The lowest BCUT2D eigenvalue weighted by atomic mass is 10.1. The summed E-state index contributed by atoms with van der Waals surface area (Å²) in [6.45, 7) is 7.85. The highest BCUT2D eigenvalue weighted by Crippen LogP contribution is 2.21. The van der Waals surface area contributed by atoms with Gasteiger partial charge in [-0.3, -0.25) is 0 Å². The Bertz CT molecular complexity index is 309. The van der Waals surface area contributed by atoms with Crippen molar-refractivity contribution in [3.63, 3.8) is 0 Å². The van der Waals surface area contributed by atoms with Crippen molar-refractivity contribution in [2.45, 2.75) is 27.2 Å². The van der Waals surface area contributed by atoms with Crippen LogP contribution in [-0.4, -0.2) is 13.2 Å². The summed E-state index contributed by atoms with van der Waals surface area (Å²) in [5.74, 6) is 1.52. The highest BCUT2D eigenvalue weighted by molar-refractivity contribution is 5.38. The largest absolute Gasteiger partial charge is 0.493 e. The van der Waals surface area contributed by atoms with E-state index >= 15 is 0 Å². The maximum Gasteiger partial charge on any atom is 0.122 e. The summed E-state index contributed by atoms with van der Waals surface area (Å²) < 4.78 is 5.78. The van der Waals surface area contributed by atoms with E-state index in [0.717, 1.165) is 25.3 Å². The molecule has 1 rings (SSSR count). The average molecular weight is 207 g/mol. The second-order valence-electron chi connectivity index (χ2n) is 4.19. The summed E-state index contributed by atoms with van der Waals surface area (Å²) in [4.78, 5) is 0. The predicted molar refractivity (Wildman–Crippen MR) is 64.2 cm³/mol. The Morgan fingerprint density at radius 2 is 2.07 bits per heavy atom. The van der Waals surface area contributed by atoms with Crippen LogP contribution < -0.4 is 10.5 Å². The molecule has 2 nitrogen and oxygen atoms in total. The van der Waals surface area contributed by atoms with E-state index in [1.807, 2.05) is 12.1 Å². The molecule has 84 valence electrons. The van der Waals surface area contributed by atoms with Crippen LogP contribution in [0.2, 0.25) is 0 Å². The van der Waals surface area contributed by atoms with E-state index in [1.54, 1.807) is 0 Å². The molecule has 0 saturated carbocycles. The molecule has 1 atom stereocenters. The van der Waals surface area contributed by atoms with Crippen molar-refractivity contribution in [3.05, 3.63) is 29.3 Å². The number of aryl methyl sites for hydroxylation is 1. The van der Waals surface area contributed by atoms with Crippen molar-refractivity contribution in [3.8, 4) is 5.75 Å². The number of nitrogens with two attached hydrogens (primary N) is 1. The summed E-state index contributed by atoms with van der Waals surface area (Å²) in [5, 5.41) is 0. The van der Waals surface area contributed by atoms with Gasteiger partial charge in [-0.15, -0.1) is 0 Å². The standard InChI is InChI=1S/C13H21NO/c1-10(7-8-14)9-15-13-6-4-5-11(2)12(13)3/h4-6,10H,7-9,14H2,1-3H3. The van der Waals surface area contributed by atoms with E-state index in [2.05, 4.69) is 26.8 Å². The molecule has 2 N–H and O–H groups in total. The van der Waals surface area contributed by atoms with Gasteiger partial charge in [-0.25, -0.2) is 0 Å². The van der Waals surface area contributed by atoms with Crippen molar-refractivity contribution in [1.29, 1.82) is 0 Å². The van der Waals surface area contributed by atoms with Gasteiger partial charge in [0, 0.05) is 0 Å². The fourth-order valence-electron chi connectivity index (χ4n) is 1.48. The third kappa shape index (κ3) is 3.56. The molecule has 0 fully saturated rings. The topological polar surface area (TPSA) is 35.2 Å². The first kappa shape index (κ1) is 12.1. The minimum atomic E-state index is 0.523. The minimum Gasteiger partial charge on any atom is -0.493 e. The molecule has 0 radical (unpaired) electrons. The molecule has 15 heavy (non-hydrogen) atoms. The second-order valence-corrected chi connectivity index (χ2v) is 4.19. The van der Waals surface area contributed by atoms with Crippen LogP contribution in [0.15, 0.2) is 18.2 Å². The summed E-state index contributed by atoms with van der Waals surface area (Å²) >= 11 is 0. The van der Waals surface area contributed by atoms with E-state index in [0.29, 0.717) is 5.92 Å². The Morgan fingerprint density at radius 3 is 2.73 bits per heavy atom. The molecular formula is C13H21NO. The molecule has 1 aromatic carbocycles. The fraction of sp³-hybridized carbons (Fsp3) is 0.538. The van der Waals surface area contributed by atoms with Gasteiger partial charge in [0.2, 0.25) is 0 Å². The Kier molecular flexibility index (Phi) is 4.63. The lowest BCUT2D eigenvalue weighted by Crippen LogP contribution is -2.13. The van der Waals surface area contributed by atoms with Crippen LogP contribution in [0.25, 0.3) is 0 Å². The number of rotatable bonds is 5. The maximum absolute atomic E-state index is 5.78. The van der Waals surface area contributed by atoms with Crippen LogP contribution in [0, 0.1) is 19.8 Å². The van der Waals surface area contributed by atoms with Crippen molar-refractivity contribution in [2.75, 3.05) is 13.2 Å². The highest BCUT2D eigenvalue weighted by Gasteiger charge is 2.05. The summed E-state index contributed by atoms with van der Waals surface area (Å²) in [5.41, 5.74) is 8.01. The summed E-state index contributed by atoms with van der Waals surface area (Å²) in [6, 6.07) is 6.16. The van der Waals surface area contributed by atoms with Crippen molar-refractivity contribution in [1.82, 2.24) is 0 Å². The summed E-state index contributed by atoms with van der Waals surface area (Å²) in [6.07, 6.45) is 1.02. The van der Waals surface area contributed by atoms with E-state index in [-0.39, 0.29) is 0 Å². The Balaban J connectivity index is 2.54. The molecule has 2 heteroatoms. The smallest absolute Gasteiger partial charge is 0.122 e. The second kappa shape index (κ2) is 5.76. The molecule has 0 amide bonds. The third-order valence-corrected chi connectivity index (χ3v) is 2.74. The van der Waals surface area contributed by atoms with Crippen molar-refractivity contribution >= 4 is 0 Å². The number of hydrogen-bond acceptors (Lipinski definition) is 2. The SMILES string of the molecule is Cc1cccc(OCC(C)CCN)c1C. The highest BCUT2D eigenvalue weighted by atomic mass is 16.5. The molecule has 0 aromatic heterocycles. The van der Waals surface area contributed by atoms with Crippen LogP contribution in [0.4, 0.5) is 0 Å². The fourth-order valence-corrected chi connectivity index (χ4v) is 1.48. The van der Waals surface area contributed by atoms with Crippen molar-refractivity contribution < 1.29 is 4.74 Å². The van der Waals surface area contributed by atoms with Crippen molar-refractivity contribution in [2.24, 2.45) is 11.7 Å². The quantitative estimate of drug-likeness (QED) is 0.805. The lowest BCUT2D eigenvalue weighted by Gasteiger charge is -2.14. The van der Waals surface area contributed by atoms with E-state index in [9.17, 15) is 0 Å². The van der Waals surface area contributed by atoms with Gasteiger partial charge in [0.05, 0.1) is 6.61 Å². The predicted octanol–water partition coefficient (Wildman–Crippen LogP) is 2.67. The Hall–Kier alpha value is -1.02. The molecule has 0 saturated heterocycles. The van der Waals surface area contributed by atoms with Crippen LogP contribution >= 0.6 is 0 Å². The number of hydrogen-bond donors (Lipinski definition) is 1. The van der Waals surface area contributed by atoms with Gasteiger partial charge < -0.3 is 10.5 Å².